The van der Waals surface area contributed by atoms with E-state index in [4.69, 9.17) is 9.47 Å². The Hall–Kier alpha value is -2.86. The molecular formula is C24H27NO5. The molecule has 1 N–H and O–H groups in total. The minimum Gasteiger partial charge on any atom is -0.465 e. The van der Waals surface area contributed by atoms with Crippen LogP contribution in [0.15, 0.2) is 54.6 Å². The Balaban J connectivity index is 1.53. The summed E-state index contributed by atoms with van der Waals surface area (Å²) in [6.07, 6.45) is 2.56. The summed E-state index contributed by atoms with van der Waals surface area (Å²) in [5, 5.41) is 10.4. The molecule has 3 atom stereocenters. The lowest BCUT2D eigenvalue weighted by Crippen LogP contribution is -2.54. The first-order valence-corrected chi connectivity index (χ1v) is 10.4. The molecule has 0 bridgehead atoms. The minimum absolute atomic E-state index is 0.137. The highest BCUT2D eigenvalue weighted by atomic mass is 16.6. The molecule has 1 saturated carbocycles. The van der Waals surface area contributed by atoms with E-state index in [-0.39, 0.29) is 30.3 Å². The van der Waals surface area contributed by atoms with Gasteiger partial charge in [-0.2, -0.15) is 0 Å². The fraction of sp³-hybridized carbons (Fsp3) is 0.417. The van der Waals surface area contributed by atoms with Crippen molar-refractivity contribution >= 4 is 12.1 Å². The zero-order valence-electron chi connectivity index (χ0n) is 17.1. The van der Waals surface area contributed by atoms with Gasteiger partial charge in [-0.15, -0.1) is 0 Å². The minimum atomic E-state index is -0.393. The average Bonchev–Trinajstić information content (AvgIpc) is 2.81. The average molecular weight is 409 g/mol. The van der Waals surface area contributed by atoms with Crippen molar-refractivity contribution in [2.24, 2.45) is 5.41 Å². The molecule has 0 radical (unpaired) electrons. The molecule has 3 unspecified atom stereocenters. The Morgan fingerprint density at radius 3 is 2.43 bits per heavy atom. The molecule has 1 aliphatic carbocycles. The predicted molar refractivity (Wildman–Crippen MR) is 111 cm³/mol. The first kappa shape index (κ1) is 20.4. The number of carbonyl (C=O) groups is 2. The standard InChI is InChI=1S/C24H27NO5/c1-29-22(27)19-9-7-18(8-10-19)20-15-24(12-11-21(24)26)13-14-25(20)23(28)30-16-17-5-3-2-4-6-17/h2-10,20-21,26H,11-16H2,1H3. The molecule has 2 fully saturated rings. The van der Waals surface area contributed by atoms with Crippen LogP contribution in [-0.4, -0.2) is 41.8 Å². The molecule has 1 spiro atoms. The number of hydrogen-bond acceptors (Lipinski definition) is 5. The summed E-state index contributed by atoms with van der Waals surface area (Å²) < 4.78 is 10.4. The maximum absolute atomic E-state index is 12.9. The maximum atomic E-state index is 12.9. The number of nitrogens with zero attached hydrogens (tertiary/aromatic N) is 1. The summed E-state index contributed by atoms with van der Waals surface area (Å²) >= 11 is 0. The summed E-state index contributed by atoms with van der Waals surface area (Å²) in [4.78, 5) is 26.5. The Morgan fingerprint density at radius 2 is 1.83 bits per heavy atom. The van der Waals surface area contributed by atoms with Crippen molar-refractivity contribution in [2.75, 3.05) is 13.7 Å². The van der Waals surface area contributed by atoms with Crippen LogP contribution >= 0.6 is 0 Å². The first-order chi connectivity index (χ1) is 14.5. The normalized spacial score (nSPS) is 25.5. The fourth-order valence-corrected chi connectivity index (χ4v) is 4.59. The molecule has 4 rings (SSSR count). The predicted octanol–water partition coefficient (Wildman–Crippen LogP) is 4.09. The molecule has 6 heteroatoms. The van der Waals surface area contributed by atoms with Gasteiger partial charge < -0.3 is 19.5 Å². The van der Waals surface area contributed by atoms with E-state index in [1.165, 1.54) is 7.11 Å². The number of aliphatic hydroxyl groups is 1. The summed E-state index contributed by atoms with van der Waals surface area (Å²) in [6, 6.07) is 16.5. The van der Waals surface area contributed by atoms with E-state index in [1.807, 2.05) is 42.5 Å². The highest BCUT2D eigenvalue weighted by Crippen LogP contribution is 2.54. The summed E-state index contributed by atoms with van der Waals surface area (Å²) in [5.74, 6) is -0.393. The Morgan fingerprint density at radius 1 is 1.10 bits per heavy atom. The number of esters is 1. The third kappa shape index (κ3) is 3.92. The van der Waals surface area contributed by atoms with E-state index in [0.29, 0.717) is 18.5 Å². The van der Waals surface area contributed by atoms with Gasteiger partial charge in [0.2, 0.25) is 0 Å². The van der Waals surface area contributed by atoms with E-state index in [2.05, 4.69) is 0 Å². The number of carbonyl (C=O) groups excluding carboxylic acids is 2. The van der Waals surface area contributed by atoms with Crippen LogP contribution in [0.3, 0.4) is 0 Å². The summed E-state index contributed by atoms with van der Waals surface area (Å²) in [5.41, 5.74) is 2.20. The van der Waals surface area contributed by atoms with Gasteiger partial charge in [-0.05, 0) is 48.9 Å². The monoisotopic (exact) mass is 409 g/mol. The van der Waals surface area contributed by atoms with Gasteiger partial charge in [0.05, 0.1) is 24.8 Å². The van der Waals surface area contributed by atoms with Gasteiger partial charge in [0.15, 0.2) is 0 Å². The van der Waals surface area contributed by atoms with E-state index < -0.39 is 5.97 Å². The van der Waals surface area contributed by atoms with Crippen LogP contribution in [0.4, 0.5) is 4.79 Å². The van der Waals surface area contributed by atoms with Crippen molar-refractivity contribution in [3.05, 3.63) is 71.3 Å². The van der Waals surface area contributed by atoms with Gasteiger partial charge in [0, 0.05) is 12.0 Å². The van der Waals surface area contributed by atoms with E-state index in [9.17, 15) is 14.7 Å². The van der Waals surface area contributed by atoms with E-state index >= 15 is 0 Å². The Kier molecular flexibility index (Phi) is 5.77. The van der Waals surface area contributed by atoms with Crippen LogP contribution in [0.1, 0.15) is 53.2 Å². The third-order valence-corrected chi connectivity index (χ3v) is 6.61. The van der Waals surface area contributed by atoms with Crippen LogP contribution in [0.2, 0.25) is 0 Å². The number of rotatable bonds is 4. The van der Waals surface area contributed by atoms with Crippen LogP contribution in [0.5, 0.6) is 0 Å². The number of ether oxygens (including phenoxy) is 2. The van der Waals surface area contributed by atoms with Crippen molar-refractivity contribution in [1.82, 2.24) is 4.90 Å². The Bertz CT molecular complexity index is 898. The number of piperidine rings is 1. The number of aliphatic hydroxyl groups excluding tert-OH is 1. The molecule has 2 aromatic carbocycles. The lowest BCUT2D eigenvalue weighted by Gasteiger charge is -2.54. The lowest BCUT2D eigenvalue weighted by molar-refractivity contribution is -0.112. The van der Waals surface area contributed by atoms with Crippen molar-refractivity contribution in [1.29, 1.82) is 0 Å². The molecule has 30 heavy (non-hydrogen) atoms. The second-order valence-corrected chi connectivity index (χ2v) is 8.23. The van der Waals surface area contributed by atoms with Crippen molar-refractivity contribution in [3.63, 3.8) is 0 Å². The SMILES string of the molecule is COC(=O)c1ccc(C2CC3(CCC3O)CCN2C(=O)OCc2ccccc2)cc1. The number of hydrogen-bond donors (Lipinski definition) is 1. The molecule has 1 aliphatic heterocycles. The largest absolute Gasteiger partial charge is 0.465 e. The number of methoxy groups -OCH3 is 1. The molecule has 1 amide bonds. The van der Waals surface area contributed by atoms with E-state index in [0.717, 1.165) is 30.4 Å². The van der Waals surface area contributed by atoms with Gasteiger partial charge >= 0.3 is 12.1 Å². The molecule has 2 aromatic rings. The second-order valence-electron chi connectivity index (χ2n) is 8.23. The zero-order chi connectivity index (χ0) is 21.1. The lowest BCUT2D eigenvalue weighted by atomic mass is 9.59. The van der Waals surface area contributed by atoms with Crippen LogP contribution in [-0.2, 0) is 16.1 Å². The van der Waals surface area contributed by atoms with Gasteiger partial charge in [-0.1, -0.05) is 42.5 Å². The second kappa shape index (κ2) is 8.48. The number of benzene rings is 2. The van der Waals surface area contributed by atoms with Gasteiger partial charge in [0.25, 0.3) is 0 Å². The fourth-order valence-electron chi connectivity index (χ4n) is 4.59. The molecule has 1 saturated heterocycles. The highest BCUT2D eigenvalue weighted by Gasteiger charge is 2.51. The molecular weight excluding hydrogens is 382 g/mol. The molecule has 6 nitrogen and oxygen atoms in total. The molecule has 0 aromatic heterocycles. The summed E-state index contributed by atoms with van der Waals surface area (Å²) in [7, 11) is 1.35. The quantitative estimate of drug-likeness (QED) is 0.770. The van der Waals surface area contributed by atoms with E-state index in [1.54, 1.807) is 17.0 Å². The van der Waals surface area contributed by atoms with Crippen LogP contribution in [0, 0.1) is 5.41 Å². The molecule has 158 valence electrons. The van der Waals surface area contributed by atoms with Crippen LogP contribution < -0.4 is 0 Å². The number of likely N-dealkylation sites (tertiary alicyclic amines) is 1. The van der Waals surface area contributed by atoms with Gasteiger partial charge in [0.1, 0.15) is 6.61 Å². The van der Waals surface area contributed by atoms with Gasteiger partial charge in [-0.25, -0.2) is 9.59 Å². The molecule has 2 aliphatic rings. The maximum Gasteiger partial charge on any atom is 0.410 e. The Labute approximate surface area is 176 Å². The van der Waals surface area contributed by atoms with Crippen molar-refractivity contribution < 1.29 is 24.2 Å². The number of amides is 1. The highest BCUT2D eigenvalue weighted by molar-refractivity contribution is 5.89. The van der Waals surface area contributed by atoms with Crippen molar-refractivity contribution in [2.45, 2.75) is 44.4 Å². The van der Waals surface area contributed by atoms with Crippen molar-refractivity contribution in [3.8, 4) is 0 Å². The smallest absolute Gasteiger partial charge is 0.410 e. The zero-order valence-corrected chi connectivity index (χ0v) is 17.1. The van der Waals surface area contributed by atoms with Crippen LogP contribution in [0.25, 0.3) is 0 Å². The molecule has 1 heterocycles. The first-order valence-electron chi connectivity index (χ1n) is 10.4. The summed E-state index contributed by atoms with van der Waals surface area (Å²) in [6.45, 7) is 0.756. The third-order valence-electron chi connectivity index (χ3n) is 6.61. The topological polar surface area (TPSA) is 76.1 Å². The van der Waals surface area contributed by atoms with Gasteiger partial charge in [-0.3, -0.25) is 0 Å².